The third kappa shape index (κ3) is 7.49. The first-order valence-corrected chi connectivity index (χ1v) is 42.4. The standard InChI is InChI=1S/C65H39N8.C21H12N4.C20H14N4/c1-9-25-41-33(17-1)34-18-2-10-26-42(34)50-49(41)57-66-59-51-43-27-11-3-19-35(43)36-20-4-12-28-44(36)52(51)61-68-63-55-47-31-15-7-23-39(47)40-24-8-16-32-48(40)56(55)64-69-62-54-46-30-14-6-22-38(46)37-21-5-13-29-45(37)53(54)60-67-58(50)70(57)65(71(59)61,72(60)62)73(63)64;1-2-14-10-16-5-6-18-12-20-8-7-19-11-17-4-3-15-9-13(1)22(14)21(23(15)17,24(16)18)25(19)20;1-2-14-10-16-5-6-18(23-16)12-20-8-7-19(24-20)11-17-4-3-15(22-17)9-13(1)21-14/h1-7,9-23,25-32,49-50,58,63,68H,8,24H2;1-12H;1-12,21-22H/q+1;+2;. The van der Waals surface area contributed by atoms with Crippen LogP contribution in [0.25, 0.3) is 157 Å². The van der Waals surface area contributed by atoms with Gasteiger partial charge in [-0.3, -0.25) is 4.90 Å². The molecule has 6 atom stereocenters. The molecule has 566 valence electrons. The number of amidine groups is 2. The number of rotatable bonds is 0. The lowest BCUT2D eigenvalue weighted by Gasteiger charge is -2.52. The maximum atomic E-state index is 6.30. The molecule has 17 aromatic rings. The SMILES string of the molecule is C1=CC2=[N+]3C1=Cc1ccc4n1C31n3c(ccc3=C4)=CC3=[N+]1C(=C2)C=C3.C1=Cc2c3c(c4ccccc4c2CC1)C1Nc2c4c5ccccc5c5ccccc5c4c4n2C25N6C(=N4)C4c7ccccc7-c7ccccc7C4C6N=c4c6c7ccccc7c7ccccc7c6c(n42)=NC3=[N+]15.C1=Cc2cc3ccc(cc4ccc(cc5nc(cc1n2)C=C5)[nH]4)[nH]3. The highest BCUT2D eigenvalue weighted by molar-refractivity contribution is 6.32. The second kappa shape index (κ2) is 21.9. The molecule has 6 unspecified atom stereocenters. The molecule has 0 radical (unpaired) electrons. The Hall–Kier alpha value is -15.9. The molecule has 3 N–H and O–H groups in total. The quantitative estimate of drug-likeness (QED) is 0.103. The smallest absolute Gasteiger partial charge is 0.355 e. The van der Waals surface area contributed by atoms with Gasteiger partial charge in [-0.1, -0.05) is 191 Å². The summed E-state index contributed by atoms with van der Waals surface area (Å²) in [5.74, 6) is 2.46. The molecule has 8 bridgehead atoms. The van der Waals surface area contributed by atoms with Crippen LogP contribution in [0.3, 0.4) is 0 Å². The van der Waals surface area contributed by atoms with Gasteiger partial charge in [-0.05, 0) is 208 Å². The molecule has 0 saturated carbocycles. The van der Waals surface area contributed by atoms with Gasteiger partial charge >= 0.3 is 17.7 Å². The lowest BCUT2D eigenvalue weighted by molar-refractivity contribution is -0.836. The molecule has 2 aliphatic carbocycles. The first kappa shape index (κ1) is 63.2. The van der Waals surface area contributed by atoms with E-state index in [0.29, 0.717) is 0 Å². The summed E-state index contributed by atoms with van der Waals surface area (Å²) in [7, 11) is 0. The molecule has 1 saturated heterocycles. The molecule has 122 heavy (non-hydrogen) atoms. The molecule has 16 heteroatoms. The average Bonchev–Trinajstić information content (AvgIpc) is 1.45. The lowest BCUT2D eigenvalue weighted by atomic mass is 9.72. The summed E-state index contributed by atoms with van der Waals surface area (Å²) in [6.45, 7) is 0. The van der Waals surface area contributed by atoms with Crippen molar-refractivity contribution >= 4 is 181 Å². The number of hydrogen-bond donors (Lipinski definition) is 3. The van der Waals surface area contributed by atoms with Gasteiger partial charge in [0.15, 0.2) is 5.82 Å². The summed E-state index contributed by atoms with van der Waals surface area (Å²) < 4.78 is 17.9. The summed E-state index contributed by atoms with van der Waals surface area (Å²) in [6, 6.07) is 88.9. The lowest BCUT2D eigenvalue weighted by Crippen LogP contribution is -2.75. The summed E-state index contributed by atoms with van der Waals surface area (Å²) in [5.41, 5.74) is 27.7. The Morgan fingerprint density at radius 3 is 1.63 bits per heavy atom. The van der Waals surface area contributed by atoms with E-state index in [-0.39, 0.29) is 24.2 Å². The van der Waals surface area contributed by atoms with Crippen LogP contribution in [0, 0.1) is 0 Å². The maximum absolute atomic E-state index is 6.30. The molecule has 2 spiro atoms. The number of allylic oxidation sites excluding steroid dienone is 6. The van der Waals surface area contributed by atoms with Gasteiger partial charge in [-0.15, -0.1) is 0 Å². The number of aliphatic imine (C=N–C) groups is 1. The van der Waals surface area contributed by atoms with E-state index in [1.54, 1.807) is 0 Å². The average molecular weight is 1560 g/mol. The van der Waals surface area contributed by atoms with Gasteiger partial charge in [0.2, 0.25) is 29.0 Å². The molecule has 1 fully saturated rings. The molecule has 16 nitrogen and oxygen atoms in total. The highest BCUT2D eigenvalue weighted by Crippen LogP contribution is 2.65. The third-order valence-electron chi connectivity index (χ3n) is 28.6. The predicted octanol–water partition coefficient (Wildman–Crippen LogP) is 18.1. The first-order valence-electron chi connectivity index (χ1n) is 42.4. The number of fused-ring (bicyclic) bond motifs is 40. The zero-order valence-electron chi connectivity index (χ0n) is 65.2. The van der Waals surface area contributed by atoms with Crippen molar-refractivity contribution < 1.29 is 13.7 Å². The van der Waals surface area contributed by atoms with Crippen molar-refractivity contribution in [1.82, 2.24) is 43.1 Å². The number of aromatic nitrogens is 8. The molecule has 16 aliphatic rings. The molecule has 33 rings (SSSR count). The zero-order valence-corrected chi connectivity index (χ0v) is 65.2. The molecular weight excluding hydrogens is 1500 g/mol. The Morgan fingerprint density at radius 2 is 0.959 bits per heavy atom. The van der Waals surface area contributed by atoms with Crippen LogP contribution in [-0.4, -0.2) is 86.1 Å². The Morgan fingerprint density at radius 1 is 0.418 bits per heavy atom. The summed E-state index contributed by atoms with van der Waals surface area (Å²) in [6.07, 6.45) is 32.3. The van der Waals surface area contributed by atoms with E-state index < -0.39 is 11.8 Å². The van der Waals surface area contributed by atoms with Gasteiger partial charge in [0, 0.05) is 86.2 Å². The molecule has 7 aromatic heterocycles. The number of nitrogens with zero attached hydrogens (tertiary/aromatic N) is 13. The van der Waals surface area contributed by atoms with E-state index in [4.69, 9.17) is 15.0 Å². The van der Waals surface area contributed by atoms with Gasteiger partial charge in [-0.25, -0.2) is 29.1 Å². The third-order valence-corrected chi connectivity index (χ3v) is 28.6. The van der Waals surface area contributed by atoms with Gasteiger partial charge in [0.25, 0.3) is 5.49 Å². The molecule has 14 aliphatic heterocycles. The molecular formula is C106H65N16+3. The Bertz CT molecular complexity index is 8910. The summed E-state index contributed by atoms with van der Waals surface area (Å²) >= 11 is 0. The van der Waals surface area contributed by atoms with Gasteiger partial charge < -0.3 is 15.3 Å². The fourth-order valence-electron chi connectivity index (χ4n) is 24.3. The van der Waals surface area contributed by atoms with Crippen LogP contribution in [0.5, 0.6) is 0 Å². The van der Waals surface area contributed by atoms with Crippen molar-refractivity contribution in [2.45, 2.75) is 48.8 Å². The number of H-pyrrole nitrogens is 2. The Labute approximate surface area is 693 Å². The minimum absolute atomic E-state index is 0.0397. The minimum atomic E-state index is -1.08. The van der Waals surface area contributed by atoms with E-state index in [0.717, 1.165) is 103 Å². The summed E-state index contributed by atoms with van der Waals surface area (Å²) in [4.78, 5) is 37.5. The largest absolute Gasteiger partial charge is 0.553 e. The van der Waals surface area contributed by atoms with Crippen LogP contribution in [0.4, 0.5) is 11.6 Å². The topological polar surface area (TPSA) is 138 Å². The van der Waals surface area contributed by atoms with Crippen molar-refractivity contribution in [2.75, 3.05) is 5.32 Å². The van der Waals surface area contributed by atoms with Crippen molar-refractivity contribution in [3.63, 3.8) is 0 Å². The Kier molecular flexibility index (Phi) is 11.3. The van der Waals surface area contributed by atoms with Crippen molar-refractivity contribution in [3.05, 3.63) is 380 Å². The van der Waals surface area contributed by atoms with Gasteiger partial charge in [-0.2, -0.15) is 13.7 Å². The maximum Gasteiger partial charge on any atom is 0.553 e. The number of anilines is 1. The first-order chi connectivity index (χ1) is 60.4. The monoisotopic (exact) mass is 1560 g/mol. The second-order valence-corrected chi connectivity index (χ2v) is 34.5. The molecule has 0 amide bonds. The minimum Gasteiger partial charge on any atom is -0.355 e. The van der Waals surface area contributed by atoms with E-state index in [1.165, 1.54) is 154 Å². The van der Waals surface area contributed by atoms with Crippen LogP contribution in [-0.2, 0) is 18.2 Å². The second-order valence-electron chi connectivity index (χ2n) is 34.5. The van der Waals surface area contributed by atoms with Crippen LogP contribution >= 0.6 is 0 Å². The fourth-order valence-corrected chi connectivity index (χ4v) is 24.3. The Balaban J connectivity index is 0.000000118. The van der Waals surface area contributed by atoms with Crippen LogP contribution in [0.1, 0.15) is 92.0 Å². The molecule has 10 aromatic carbocycles. The number of benzene rings is 10. The van der Waals surface area contributed by atoms with Crippen LogP contribution < -0.4 is 27.0 Å². The highest BCUT2D eigenvalue weighted by Gasteiger charge is 2.74. The number of aromatic amines is 2. The van der Waals surface area contributed by atoms with Crippen LogP contribution in [0.15, 0.2) is 305 Å². The van der Waals surface area contributed by atoms with Crippen LogP contribution in [0.2, 0.25) is 0 Å². The number of aryl methyl sites for hydroxylation is 1. The van der Waals surface area contributed by atoms with Gasteiger partial charge in [0.05, 0.1) is 67.8 Å². The number of nitrogens with one attached hydrogen (secondary N) is 3. The predicted molar refractivity (Wildman–Crippen MR) is 485 cm³/mol. The van der Waals surface area contributed by atoms with E-state index >= 15 is 0 Å². The van der Waals surface area contributed by atoms with E-state index in [1.807, 2.05) is 42.5 Å². The van der Waals surface area contributed by atoms with E-state index in [9.17, 15) is 0 Å². The van der Waals surface area contributed by atoms with E-state index in [2.05, 4.69) is 347 Å². The van der Waals surface area contributed by atoms with Gasteiger partial charge in [0.1, 0.15) is 23.3 Å². The summed E-state index contributed by atoms with van der Waals surface area (Å²) in [5, 5.41) is 24.0. The molecule has 21 heterocycles. The normalized spacial score (nSPS) is 21.5. The number of hydrogen-bond acceptors (Lipinski definition) is 7. The van der Waals surface area contributed by atoms with Crippen molar-refractivity contribution in [2.24, 2.45) is 15.0 Å². The van der Waals surface area contributed by atoms with Crippen molar-refractivity contribution in [1.29, 1.82) is 0 Å². The zero-order chi connectivity index (χ0) is 78.6. The fraction of sp³-hybridized carbons (Fsp3) is 0.0755. The highest BCUT2D eigenvalue weighted by atomic mass is 15.7. The van der Waals surface area contributed by atoms with Crippen molar-refractivity contribution in [3.8, 4) is 11.1 Å².